The highest BCUT2D eigenvalue weighted by molar-refractivity contribution is 6.32. The number of methoxy groups -OCH3 is 1. The summed E-state index contributed by atoms with van der Waals surface area (Å²) in [5.41, 5.74) is 0. The molecule has 0 aromatic carbocycles. The van der Waals surface area contributed by atoms with Gasteiger partial charge in [-0.2, -0.15) is 0 Å². The van der Waals surface area contributed by atoms with Crippen LogP contribution in [0.1, 0.15) is 33.1 Å². The second-order valence-electron chi connectivity index (χ2n) is 4.34. The van der Waals surface area contributed by atoms with Crippen LogP contribution in [0.25, 0.3) is 0 Å². The molecule has 4 nitrogen and oxygen atoms in total. The fraction of sp³-hybridized carbons (Fsp3) is 0.818. The second-order valence-corrected chi connectivity index (χ2v) is 4.34. The Morgan fingerprint density at radius 3 is 2.53 bits per heavy atom. The van der Waals surface area contributed by atoms with Gasteiger partial charge in [-0.05, 0) is 18.3 Å². The van der Waals surface area contributed by atoms with Crippen LogP contribution in [0, 0.1) is 11.8 Å². The predicted molar refractivity (Wildman–Crippen MR) is 56.1 cm³/mol. The van der Waals surface area contributed by atoms with Crippen molar-refractivity contribution >= 4 is 11.9 Å². The number of carbonyl (C=O) groups excluding carboxylic acids is 2. The van der Waals surface area contributed by atoms with Crippen molar-refractivity contribution in [2.24, 2.45) is 11.8 Å². The van der Waals surface area contributed by atoms with E-state index in [9.17, 15) is 9.59 Å². The van der Waals surface area contributed by atoms with Crippen LogP contribution in [0.5, 0.6) is 0 Å². The molecule has 0 saturated heterocycles. The van der Waals surface area contributed by atoms with Gasteiger partial charge < -0.3 is 10.1 Å². The van der Waals surface area contributed by atoms with E-state index < -0.39 is 11.9 Å². The highest BCUT2D eigenvalue weighted by Gasteiger charge is 2.29. The van der Waals surface area contributed by atoms with Crippen LogP contribution in [0.3, 0.4) is 0 Å². The molecule has 1 aliphatic rings. The number of carbonyl (C=O) groups is 2. The predicted octanol–water partition coefficient (Wildman–Crippen LogP) is 1.10. The Labute approximate surface area is 90.4 Å². The fourth-order valence-electron chi connectivity index (χ4n) is 2.11. The lowest BCUT2D eigenvalue weighted by molar-refractivity contribution is -0.153. The number of esters is 1. The molecule has 1 amide bonds. The zero-order valence-electron chi connectivity index (χ0n) is 9.58. The van der Waals surface area contributed by atoms with Crippen LogP contribution >= 0.6 is 0 Å². The van der Waals surface area contributed by atoms with E-state index in [4.69, 9.17) is 0 Å². The Morgan fingerprint density at radius 1 is 1.27 bits per heavy atom. The summed E-state index contributed by atoms with van der Waals surface area (Å²) in [6, 6.07) is 0.111. The zero-order chi connectivity index (χ0) is 11.4. The van der Waals surface area contributed by atoms with Crippen molar-refractivity contribution in [2.75, 3.05) is 7.11 Å². The first kappa shape index (κ1) is 12.0. The smallest absolute Gasteiger partial charge is 0.396 e. The van der Waals surface area contributed by atoms with Crippen LogP contribution in [0.4, 0.5) is 0 Å². The minimum Gasteiger partial charge on any atom is -0.462 e. The third-order valence-corrected chi connectivity index (χ3v) is 3.39. The summed E-state index contributed by atoms with van der Waals surface area (Å²) < 4.78 is 4.36. The summed E-state index contributed by atoms with van der Waals surface area (Å²) in [7, 11) is 1.22. The molecule has 3 unspecified atom stereocenters. The Bertz CT molecular complexity index is 252. The topological polar surface area (TPSA) is 55.4 Å². The first-order valence-electron chi connectivity index (χ1n) is 5.45. The van der Waals surface area contributed by atoms with Gasteiger partial charge in [-0.3, -0.25) is 4.79 Å². The molecule has 4 heteroatoms. The lowest BCUT2D eigenvalue weighted by Gasteiger charge is -2.34. The first-order chi connectivity index (χ1) is 7.06. The monoisotopic (exact) mass is 213 g/mol. The van der Waals surface area contributed by atoms with Crippen molar-refractivity contribution in [1.82, 2.24) is 5.32 Å². The lowest BCUT2D eigenvalue weighted by atomic mass is 9.78. The third kappa shape index (κ3) is 2.94. The van der Waals surface area contributed by atoms with E-state index in [1.807, 2.05) is 0 Å². The number of ether oxygens (including phenoxy) is 1. The summed E-state index contributed by atoms with van der Waals surface area (Å²) in [5, 5.41) is 2.74. The molecule has 1 N–H and O–H groups in total. The van der Waals surface area contributed by atoms with E-state index in [-0.39, 0.29) is 6.04 Å². The Morgan fingerprint density at radius 2 is 1.93 bits per heavy atom. The summed E-state index contributed by atoms with van der Waals surface area (Å²) in [4.78, 5) is 22.2. The van der Waals surface area contributed by atoms with Crippen molar-refractivity contribution in [3.8, 4) is 0 Å². The molecule has 86 valence electrons. The summed E-state index contributed by atoms with van der Waals surface area (Å²) in [6.07, 6.45) is 3.26. The van der Waals surface area contributed by atoms with Gasteiger partial charge >= 0.3 is 11.9 Å². The van der Waals surface area contributed by atoms with Crippen LogP contribution in [0.15, 0.2) is 0 Å². The first-order valence-corrected chi connectivity index (χ1v) is 5.45. The summed E-state index contributed by atoms with van der Waals surface area (Å²) in [5.74, 6) is -0.405. The van der Waals surface area contributed by atoms with E-state index in [1.54, 1.807) is 0 Å². The van der Waals surface area contributed by atoms with Crippen molar-refractivity contribution in [2.45, 2.75) is 39.2 Å². The third-order valence-electron chi connectivity index (χ3n) is 3.39. The molecule has 0 radical (unpaired) electrons. The minimum atomic E-state index is -0.805. The van der Waals surface area contributed by atoms with E-state index >= 15 is 0 Å². The van der Waals surface area contributed by atoms with Crippen LogP contribution in [-0.2, 0) is 14.3 Å². The molecule has 0 aromatic rings. The highest BCUT2D eigenvalue weighted by Crippen LogP contribution is 2.29. The van der Waals surface area contributed by atoms with Gasteiger partial charge in [0.2, 0.25) is 0 Å². The maximum absolute atomic E-state index is 11.3. The molecule has 0 heterocycles. The molecule has 1 saturated carbocycles. The molecule has 0 aliphatic heterocycles. The maximum atomic E-state index is 11.3. The summed E-state index contributed by atoms with van der Waals surface area (Å²) >= 11 is 0. The minimum absolute atomic E-state index is 0.111. The van der Waals surface area contributed by atoms with E-state index in [1.165, 1.54) is 13.5 Å². The van der Waals surface area contributed by atoms with Crippen molar-refractivity contribution < 1.29 is 14.3 Å². The average molecular weight is 213 g/mol. The van der Waals surface area contributed by atoms with E-state index in [0.29, 0.717) is 11.8 Å². The van der Waals surface area contributed by atoms with Crippen LogP contribution < -0.4 is 5.32 Å². The maximum Gasteiger partial charge on any atom is 0.396 e. The van der Waals surface area contributed by atoms with Gasteiger partial charge in [-0.1, -0.05) is 26.7 Å². The second kappa shape index (κ2) is 5.14. The van der Waals surface area contributed by atoms with Gasteiger partial charge in [0.25, 0.3) is 0 Å². The van der Waals surface area contributed by atoms with E-state index in [2.05, 4.69) is 23.9 Å². The van der Waals surface area contributed by atoms with Crippen molar-refractivity contribution in [3.63, 3.8) is 0 Å². The Kier molecular flexibility index (Phi) is 4.12. The summed E-state index contributed by atoms with van der Waals surface area (Å²) in [6.45, 7) is 4.30. The molecule has 1 aliphatic carbocycles. The van der Waals surface area contributed by atoms with Gasteiger partial charge in [0.05, 0.1) is 7.11 Å². The number of hydrogen-bond donors (Lipinski definition) is 1. The van der Waals surface area contributed by atoms with Crippen molar-refractivity contribution in [1.29, 1.82) is 0 Å². The Balaban J connectivity index is 2.50. The van der Waals surface area contributed by atoms with Gasteiger partial charge in [0, 0.05) is 6.04 Å². The van der Waals surface area contributed by atoms with Crippen LogP contribution in [-0.4, -0.2) is 25.0 Å². The number of amides is 1. The molecule has 0 bridgehead atoms. The lowest BCUT2D eigenvalue weighted by Crippen LogP contribution is -2.46. The van der Waals surface area contributed by atoms with E-state index in [0.717, 1.165) is 12.8 Å². The molecule has 1 fully saturated rings. The van der Waals surface area contributed by atoms with Gasteiger partial charge in [0.15, 0.2) is 0 Å². The van der Waals surface area contributed by atoms with Gasteiger partial charge in [-0.15, -0.1) is 0 Å². The quantitative estimate of drug-likeness (QED) is 0.524. The zero-order valence-corrected chi connectivity index (χ0v) is 9.58. The van der Waals surface area contributed by atoms with Gasteiger partial charge in [0.1, 0.15) is 0 Å². The molecule has 0 spiro atoms. The molecule has 15 heavy (non-hydrogen) atoms. The fourth-order valence-corrected chi connectivity index (χ4v) is 2.11. The highest BCUT2D eigenvalue weighted by atomic mass is 16.5. The van der Waals surface area contributed by atoms with Gasteiger partial charge in [-0.25, -0.2) is 4.79 Å². The molecular weight excluding hydrogens is 194 g/mol. The number of rotatable bonds is 1. The molecule has 1 rings (SSSR count). The largest absolute Gasteiger partial charge is 0.462 e. The molecule has 0 aromatic heterocycles. The molecule has 3 atom stereocenters. The standard InChI is InChI=1S/C11H19NO3/c1-7-5-4-6-9(8(7)2)12-10(13)11(14)15-3/h7-9H,4-6H2,1-3H3,(H,12,13). The van der Waals surface area contributed by atoms with Crippen molar-refractivity contribution in [3.05, 3.63) is 0 Å². The van der Waals surface area contributed by atoms with Crippen LogP contribution in [0.2, 0.25) is 0 Å². The SMILES string of the molecule is COC(=O)C(=O)NC1CCCC(C)C1C. The normalized spacial score (nSPS) is 30.7. The molecular formula is C11H19NO3. The number of nitrogens with one attached hydrogen (secondary N) is 1. The Hall–Kier alpha value is -1.06. The average Bonchev–Trinajstić information content (AvgIpc) is 2.23. The number of hydrogen-bond acceptors (Lipinski definition) is 3.